The summed E-state index contributed by atoms with van der Waals surface area (Å²) in [6.07, 6.45) is -9.31. The number of carboxylic acids is 1. The van der Waals surface area contributed by atoms with Gasteiger partial charge in [-0.3, -0.25) is 4.79 Å². The van der Waals surface area contributed by atoms with E-state index in [1.54, 1.807) is 0 Å². The summed E-state index contributed by atoms with van der Waals surface area (Å²) in [5.41, 5.74) is -1.60. The van der Waals surface area contributed by atoms with Crippen LogP contribution in [0.2, 0.25) is 0 Å². The maximum atomic E-state index is 12.6. The molecule has 112 valence electrons. The Hall–Kier alpha value is -2.13. The first-order valence-corrected chi connectivity index (χ1v) is 4.97. The Morgan fingerprint density at radius 2 is 2.05 bits per heavy atom. The van der Waals surface area contributed by atoms with Crippen LogP contribution in [0.4, 0.5) is 22.0 Å². The van der Waals surface area contributed by atoms with Crippen LogP contribution in [-0.4, -0.2) is 29.5 Å². The maximum Gasteiger partial charge on any atom is 0.573 e. The summed E-state index contributed by atoms with van der Waals surface area (Å²) in [6, 6.07) is 0.523. The van der Waals surface area contributed by atoms with E-state index in [2.05, 4.69) is 14.5 Å². The molecular formula is C10H8F5NO4. The lowest BCUT2D eigenvalue weighted by Crippen LogP contribution is -2.19. The number of halogens is 5. The average molecular weight is 301 g/mol. The molecule has 0 aliphatic heterocycles. The van der Waals surface area contributed by atoms with Crippen molar-refractivity contribution in [1.29, 1.82) is 0 Å². The Bertz CT molecular complexity index is 503. The number of alkyl halides is 5. The Kier molecular flexibility index (Phi) is 4.69. The molecule has 0 saturated heterocycles. The third-order valence-corrected chi connectivity index (χ3v) is 2.02. The second-order valence-electron chi connectivity index (χ2n) is 3.46. The van der Waals surface area contributed by atoms with Gasteiger partial charge < -0.3 is 14.6 Å². The highest BCUT2D eigenvalue weighted by atomic mass is 19.4. The minimum absolute atomic E-state index is 0.316. The van der Waals surface area contributed by atoms with Crippen molar-refractivity contribution in [2.24, 2.45) is 0 Å². The largest absolute Gasteiger partial charge is 0.573 e. The lowest BCUT2D eigenvalue weighted by Gasteiger charge is -2.15. The Morgan fingerprint density at radius 1 is 1.45 bits per heavy atom. The van der Waals surface area contributed by atoms with Gasteiger partial charge in [-0.05, 0) is 6.07 Å². The van der Waals surface area contributed by atoms with Crippen LogP contribution in [0.25, 0.3) is 0 Å². The normalized spacial score (nSPS) is 11.6. The van der Waals surface area contributed by atoms with Gasteiger partial charge in [-0.1, -0.05) is 0 Å². The summed E-state index contributed by atoms with van der Waals surface area (Å²) in [7, 11) is 1.02. The van der Waals surface area contributed by atoms with Gasteiger partial charge in [0.1, 0.15) is 0 Å². The van der Waals surface area contributed by atoms with Gasteiger partial charge in [0.2, 0.25) is 5.88 Å². The second-order valence-corrected chi connectivity index (χ2v) is 3.46. The number of hydrogen-bond donors (Lipinski definition) is 1. The SMILES string of the molecule is COc1nc(C(F)F)c(OC(F)(F)F)cc1CC(=O)O. The van der Waals surface area contributed by atoms with E-state index in [9.17, 15) is 26.7 Å². The van der Waals surface area contributed by atoms with Gasteiger partial charge in [0.15, 0.2) is 11.4 Å². The first-order chi connectivity index (χ1) is 9.14. The van der Waals surface area contributed by atoms with Crippen molar-refractivity contribution in [1.82, 2.24) is 4.98 Å². The van der Waals surface area contributed by atoms with Gasteiger partial charge in [-0.15, -0.1) is 13.2 Å². The molecule has 0 aliphatic rings. The minimum atomic E-state index is -5.21. The summed E-state index contributed by atoms with van der Waals surface area (Å²) in [5, 5.41) is 8.59. The first-order valence-electron chi connectivity index (χ1n) is 4.97. The number of carboxylic acid groups (broad SMARTS) is 1. The molecule has 0 amide bonds. The fourth-order valence-corrected chi connectivity index (χ4v) is 1.36. The third-order valence-electron chi connectivity index (χ3n) is 2.02. The fraction of sp³-hybridized carbons (Fsp3) is 0.400. The molecule has 1 heterocycles. The molecule has 0 aromatic carbocycles. The summed E-state index contributed by atoms with van der Waals surface area (Å²) in [4.78, 5) is 13.7. The molecular weight excluding hydrogens is 293 g/mol. The van der Waals surface area contributed by atoms with Crippen LogP contribution < -0.4 is 9.47 Å². The molecule has 0 fully saturated rings. The number of hydrogen-bond acceptors (Lipinski definition) is 4. The van der Waals surface area contributed by atoms with E-state index in [4.69, 9.17) is 5.11 Å². The first kappa shape index (κ1) is 15.9. The topological polar surface area (TPSA) is 68.7 Å². The summed E-state index contributed by atoms with van der Waals surface area (Å²) < 4.78 is 69.6. The highest BCUT2D eigenvalue weighted by Gasteiger charge is 2.34. The lowest BCUT2D eigenvalue weighted by atomic mass is 10.1. The number of carbonyl (C=O) groups is 1. The molecule has 1 aromatic rings. The van der Waals surface area contributed by atoms with Crippen LogP contribution in [0.5, 0.6) is 11.6 Å². The molecule has 0 unspecified atom stereocenters. The molecule has 5 nitrogen and oxygen atoms in total. The summed E-state index contributed by atoms with van der Waals surface area (Å²) in [6.45, 7) is 0. The average Bonchev–Trinajstić information content (AvgIpc) is 2.25. The van der Waals surface area contributed by atoms with Gasteiger partial charge in [-0.25, -0.2) is 13.8 Å². The van der Waals surface area contributed by atoms with Crippen LogP contribution in [0, 0.1) is 0 Å². The number of rotatable bonds is 5. The number of methoxy groups -OCH3 is 1. The molecule has 1 N–H and O–H groups in total. The Balaban J connectivity index is 3.34. The van der Waals surface area contributed by atoms with Crippen molar-refractivity contribution in [2.75, 3.05) is 7.11 Å². The van der Waals surface area contributed by atoms with E-state index in [1.807, 2.05) is 0 Å². The van der Waals surface area contributed by atoms with Crippen molar-refractivity contribution in [3.8, 4) is 11.6 Å². The highest BCUT2D eigenvalue weighted by Crippen LogP contribution is 2.35. The zero-order chi connectivity index (χ0) is 15.5. The second kappa shape index (κ2) is 5.88. The molecule has 0 aliphatic carbocycles. The van der Waals surface area contributed by atoms with Crippen molar-refractivity contribution in [2.45, 2.75) is 19.2 Å². The zero-order valence-electron chi connectivity index (χ0n) is 9.87. The Morgan fingerprint density at radius 3 is 2.45 bits per heavy atom. The Labute approximate surface area is 108 Å². The predicted molar refractivity (Wildman–Crippen MR) is 53.8 cm³/mol. The van der Waals surface area contributed by atoms with Crippen molar-refractivity contribution < 1.29 is 41.3 Å². The van der Waals surface area contributed by atoms with Crippen LogP contribution in [0.1, 0.15) is 17.7 Å². The smallest absolute Gasteiger partial charge is 0.481 e. The molecule has 1 aromatic heterocycles. The maximum absolute atomic E-state index is 12.6. The molecule has 0 spiro atoms. The lowest BCUT2D eigenvalue weighted by molar-refractivity contribution is -0.275. The van der Waals surface area contributed by atoms with E-state index < -0.39 is 42.5 Å². The number of aromatic nitrogens is 1. The van der Waals surface area contributed by atoms with E-state index >= 15 is 0 Å². The molecule has 10 heteroatoms. The molecule has 20 heavy (non-hydrogen) atoms. The van der Waals surface area contributed by atoms with E-state index in [0.29, 0.717) is 6.07 Å². The van der Waals surface area contributed by atoms with Gasteiger partial charge in [0.05, 0.1) is 13.5 Å². The van der Waals surface area contributed by atoms with Crippen molar-refractivity contribution >= 4 is 5.97 Å². The van der Waals surface area contributed by atoms with Crippen LogP contribution in [0.15, 0.2) is 6.07 Å². The monoisotopic (exact) mass is 301 g/mol. The van der Waals surface area contributed by atoms with Gasteiger partial charge >= 0.3 is 12.3 Å². The number of aliphatic carboxylic acids is 1. The van der Waals surface area contributed by atoms with Crippen LogP contribution in [0.3, 0.4) is 0 Å². The standard InChI is InChI=1S/C10H8F5NO4/c1-19-9-4(3-6(17)18)2-5(20-10(13,14)15)7(16-9)8(11)12/h2,8H,3H2,1H3,(H,17,18). The number of pyridine rings is 1. The van der Waals surface area contributed by atoms with E-state index in [1.165, 1.54) is 0 Å². The van der Waals surface area contributed by atoms with Crippen molar-refractivity contribution in [3.63, 3.8) is 0 Å². The summed E-state index contributed by atoms with van der Waals surface area (Å²) >= 11 is 0. The van der Waals surface area contributed by atoms with E-state index in [0.717, 1.165) is 7.11 Å². The van der Waals surface area contributed by atoms with Crippen LogP contribution >= 0.6 is 0 Å². The molecule has 0 saturated carbocycles. The zero-order valence-corrected chi connectivity index (χ0v) is 9.87. The predicted octanol–water partition coefficient (Wildman–Crippen LogP) is 2.55. The summed E-state index contributed by atoms with van der Waals surface area (Å²) in [5.74, 6) is -3.16. The molecule has 0 bridgehead atoms. The number of ether oxygens (including phenoxy) is 2. The molecule has 0 radical (unpaired) electrons. The van der Waals surface area contributed by atoms with Crippen LogP contribution in [-0.2, 0) is 11.2 Å². The van der Waals surface area contributed by atoms with Gasteiger partial charge in [0, 0.05) is 5.56 Å². The fourth-order valence-electron chi connectivity index (χ4n) is 1.36. The number of nitrogens with zero attached hydrogens (tertiary/aromatic N) is 1. The quantitative estimate of drug-likeness (QED) is 0.846. The van der Waals surface area contributed by atoms with Crippen molar-refractivity contribution in [3.05, 3.63) is 17.3 Å². The molecule has 0 atom stereocenters. The molecule has 1 rings (SSSR count). The van der Waals surface area contributed by atoms with E-state index in [-0.39, 0.29) is 5.56 Å². The van der Waals surface area contributed by atoms with Gasteiger partial charge in [0.25, 0.3) is 6.43 Å². The van der Waals surface area contributed by atoms with Gasteiger partial charge in [-0.2, -0.15) is 0 Å². The minimum Gasteiger partial charge on any atom is -0.481 e. The third kappa shape index (κ3) is 4.21. The highest BCUT2D eigenvalue weighted by molar-refractivity contribution is 5.71.